The number of furan rings is 1. The fourth-order valence-corrected chi connectivity index (χ4v) is 8.67. The largest absolute Gasteiger partial charge is 0.456 e. The molecule has 0 unspecified atom stereocenters. The monoisotopic (exact) mass is 729 g/mol. The number of aromatic nitrogens is 5. The molecule has 0 bridgehead atoms. The van der Waals surface area contributed by atoms with Gasteiger partial charge in [-0.1, -0.05) is 140 Å². The van der Waals surface area contributed by atoms with E-state index in [4.69, 9.17) is 19.4 Å². The minimum Gasteiger partial charge on any atom is -0.456 e. The van der Waals surface area contributed by atoms with Gasteiger partial charge in [0.1, 0.15) is 11.2 Å². The second-order valence-corrected chi connectivity index (χ2v) is 14.4. The number of hydrogen-bond acceptors (Lipinski definition) is 4. The zero-order valence-corrected chi connectivity index (χ0v) is 30.5. The van der Waals surface area contributed by atoms with E-state index in [0.717, 1.165) is 82.8 Å². The molecule has 12 rings (SSSR count). The molecule has 0 aliphatic carbocycles. The highest BCUT2D eigenvalue weighted by atomic mass is 16.3. The summed E-state index contributed by atoms with van der Waals surface area (Å²) in [4.78, 5) is 15.2. The first-order valence-electron chi connectivity index (χ1n) is 19.1. The van der Waals surface area contributed by atoms with Crippen LogP contribution >= 0.6 is 0 Å². The highest BCUT2D eigenvalue weighted by molar-refractivity contribution is 6.29. The van der Waals surface area contributed by atoms with E-state index >= 15 is 0 Å². The fourth-order valence-electron chi connectivity index (χ4n) is 8.67. The van der Waals surface area contributed by atoms with Gasteiger partial charge >= 0.3 is 0 Å². The number of para-hydroxylation sites is 3. The summed E-state index contributed by atoms with van der Waals surface area (Å²) in [5.74, 6) is 1.86. The van der Waals surface area contributed by atoms with Crippen molar-refractivity contribution in [2.45, 2.75) is 0 Å². The van der Waals surface area contributed by atoms with E-state index in [1.807, 2.05) is 66.7 Å². The standard InChI is InChI=1S/C51H31N5O/c1-4-15-32(16-5-1)49-52-50(33-17-6-2-7-18-33)54-51(53-49)34-19-14-22-36(31-34)56-46-39(29-30-44-45(46)41-24-11-13-26-43(41)57-44)40-28-27-38-37-23-10-12-25-42(37)55(47(38)48(40)56)35-20-8-3-9-21-35/h1-31H. The van der Waals surface area contributed by atoms with E-state index in [2.05, 4.69) is 130 Å². The SMILES string of the molecule is c1ccc(-c2nc(-c3ccccc3)nc(-c3cccc(-n4c5c(ccc6oc7ccccc7c65)c5ccc6c7ccccc7n(-c7ccccc7)c6c54)c3)n2)cc1. The highest BCUT2D eigenvalue weighted by Crippen LogP contribution is 2.45. The van der Waals surface area contributed by atoms with Gasteiger partial charge in [-0.05, 0) is 48.5 Å². The molecule has 0 amide bonds. The lowest BCUT2D eigenvalue weighted by atomic mass is 10.1. The molecule has 0 saturated carbocycles. The zero-order valence-electron chi connectivity index (χ0n) is 30.5. The van der Waals surface area contributed by atoms with Crippen LogP contribution in [0, 0.1) is 0 Å². The molecule has 0 atom stereocenters. The molecule has 4 aromatic heterocycles. The van der Waals surface area contributed by atoms with Gasteiger partial charge in [-0.25, -0.2) is 15.0 Å². The molecule has 6 nitrogen and oxygen atoms in total. The second-order valence-electron chi connectivity index (χ2n) is 14.4. The Morgan fingerprint density at radius 3 is 1.56 bits per heavy atom. The third-order valence-electron chi connectivity index (χ3n) is 11.1. The molecule has 266 valence electrons. The van der Waals surface area contributed by atoms with Gasteiger partial charge in [0, 0.05) is 55.0 Å². The van der Waals surface area contributed by atoms with E-state index in [-0.39, 0.29) is 0 Å². The van der Waals surface area contributed by atoms with Crippen LogP contribution in [0.5, 0.6) is 0 Å². The molecule has 0 fully saturated rings. The van der Waals surface area contributed by atoms with Crippen LogP contribution in [0.15, 0.2) is 192 Å². The predicted molar refractivity (Wildman–Crippen MR) is 232 cm³/mol. The molecule has 0 spiro atoms. The van der Waals surface area contributed by atoms with Crippen LogP contribution in [0.2, 0.25) is 0 Å². The first-order valence-corrected chi connectivity index (χ1v) is 19.1. The average Bonchev–Trinajstić information content (AvgIpc) is 3.95. The lowest BCUT2D eigenvalue weighted by molar-refractivity contribution is 0.669. The van der Waals surface area contributed by atoms with Crippen LogP contribution in [0.3, 0.4) is 0 Å². The minimum absolute atomic E-state index is 0.604. The summed E-state index contributed by atoms with van der Waals surface area (Å²) in [5.41, 5.74) is 11.1. The van der Waals surface area contributed by atoms with E-state index in [0.29, 0.717) is 17.5 Å². The van der Waals surface area contributed by atoms with Gasteiger partial charge in [-0.3, -0.25) is 0 Å². The van der Waals surface area contributed by atoms with E-state index in [1.54, 1.807) is 0 Å². The van der Waals surface area contributed by atoms with Gasteiger partial charge in [0.25, 0.3) is 0 Å². The molecule has 57 heavy (non-hydrogen) atoms. The lowest BCUT2D eigenvalue weighted by Gasteiger charge is -2.14. The Bertz CT molecular complexity index is 3450. The smallest absolute Gasteiger partial charge is 0.164 e. The van der Waals surface area contributed by atoms with Crippen molar-refractivity contribution in [3.05, 3.63) is 188 Å². The summed E-state index contributed by atoms with van der Waals surface area (Å²) >= 11 is 0. The maximum Gasteiger partial charge on any atom is 0.164 e. The molecule has 12 aromatic rings. The number of nitrogens with zero attached hydrogens (tertiary/aromatic N) is 5. The zero-order chi connectivity index (χ0) is 37.5. The number of rotatable bonds is 5. The summed E-state index contributed by atoms with van der Waals surface area (Å²) in [6, 6.07) is 65.5. The van der Waals surface area contributed by atoms with Gasteiger partial charge in [0.05, 0.1) is 27.5 Å². The first-order chi connectivity index (χ1) is 28.3. The molecular formula is C51H31N5O. The van der Waals surface area contributed by atoms with Gasteiger partial charge in [0.15, 0.2) is 17.5 Å². The van der Waals surface area contributed by atoms with Gasteiger partial charge in [-0.15, -0.1) is 0 Å². The third kappa shape index (κ3) is 4.81. The number of hydrogen-bond donors (Lipinski definition) is 0. The average molecular weight is 730 g/mol. The topological polar surface area (TPSA) is 61.7 Å². The van der Waals surface area contributed by atoms with Gasteiger partial charge < -0.3 is 13.6 Å². The molecule has 0 N–H and O–H groups in total. The van der Waals surface area contributed by atoms with Crippen LogP contribution < -0.4 is 0 Å². The Labute approximate surface area is 326 Å². The van der Waals surface area contributed by atoms with Crippen molar-refractivity contribution in [2.24, 2.45) is 0 Å². The Hall–Kier alpha value is -7.83. The fraction of sp³-hybridized carbons (Fsp3) is 0. The van der Waals surface area contributed by atoms with Crippen LogP contribution in [0.4, 0.5) is 0 Å². The summed E-state index contributed by atoms with van der Waals surface area (Å²) in [6.07, 6.45) is 0. The van der Waals surface area contributed by atoms with Crippen molar-refractivity contribution in [2.75, 3.05) is 0 Å². The van der Waals surface area contributed by atoms with Crippen molar-refractivity contribution >= 4 is 65.6 Å². The number of fused-ring (bicyclic) bond motifs is 11. The van der Waals surface area contributed by atoms with E-state index < -0.39 is 0 Å². The molecule has 6 heteroatoms. The van der Waals surface area contributed by atoms with Crippen LogP contribution in [-0.2, 0) is 0 Å². The number of benzene rings is 8. The molecular weight excluding hydrogens is 699 g/mol. The third-order valence-corrected chi connectivity index (χ3v) is 11.1. The normalized spacial score (nSPS) is 11.9. The second kappa shape index (κ2) is 12.3. The van der Waals surface area contributed by atoms with Gasteiger partial charge in [-0.2, -0.15) is 0 Å². The molecule has 8 aromatic carbocycles. The Morgan fingerprint density at radius 1 is 0.333 bits per heavy atom. The minimum atomic E-state index is 0.604. The van der Waals surface area contributed by atoms with Crippen LogP contribution in [0.1, 0.15) is 0 Å². The van der Waals surface area contributed by atoms with Crippen LogP contribution in [0.25, 0.3) is 111 Å². The summed E-state index contributed by atoms with van der Waals surface area (Å²) in [7, 11) is 0. The van der Waals surface area contributed by atoms with Crippen molar-refractivity contribution < 1.29 is 4.42 Å². The molecule has 0 aliphatic rings. The predicted octanol–water partition coefficient (Wildman–Crippen LogP) is 13.0. The molecule has 4 heterocycles. The van der Waals surface area contributed by atoms with Crippen LogP contribution in [-0.4, -0.2) is 24.1 Å². The highest BCUT2D eigenvalue weighted by Gasteiger charge is 2.24. The molecule has 0 saturated heterocycles. The maximum atomic E-state index is 6.53. The van der Waals surface area contributed by atoms with Gasteiger partial charge in [0.2, 0.25) is 0 Å². The van der Waals surface area contributed by atoms with Crippen molar-refractivity contribution in [1.29, 1.82) is 0 Å². The van der Waals surface area contributed by atoms with Crippen molar-refractivity contribution in [3.8, 4) is 45.5 Å². The summed E-state index contributed by atoms with van der Waals surface area (Å²) in [6.45, 7) is 0. The first kappa shape index (κ1) is 31.5. The Morgan fingerprint density at radius 2 is 0.842 bits per heavy atom. The van der Waals surface area contributed by atoms with E-state index in [1.165, 1.54) is 10.8 Å². The summed E-state index contributed by atoms with van der Waals surface area (Å²) < 4.78 is 11.4. The summed E-state index contributed by atoms with van der Waals surface area (Å²) in [5, 5.41) is 6.86. The molecule has 0 radical (unpaired) electrons. The Kier molecular flexibility index (Phi) is 6.83. The van der Waals surface area contributed by atoms with E-state index in [9.17, 15) is 0 Å². The molecule has 0 aliphatic heterocycles. The Balaban J connectivity index is 1.22. The quantitative estimate of drug-likeness (QED) is 0.177. The maximum absolute atomic E-state index is 6.53. The lowest BCUT2D eigenvalue weighted by Crippen LogP contribution is -2.01. The van der Waals surface area contributed by atoms with Crippen molar-refractivity contribution in [1.82, 2.24) is 24.1 Å². The van der Waals surface area contributed by atoms with Crippen molar-refractivity contribution in [3.63, 3.8) is 0 Å².